The molecule has 1 spiro atoms. The van der Waals surface area contributed by atoms with Crippen LogP contribution in [-0.4, -0.2) is 0 Å². The predicted octanol–water partition coefficient (Wildman–Crippen LogP) is 17.4. The van der Waals surface area contributed by atoms with Crippen molar-refractivity contribution in [3.63, 3.8) is 0 Å². The molecule has 13 rings (SSSR count). The minimum Gasteiger partial charge on any atom is -0.310 e. The number of nitrogens with zero attached hydrogens (tertiary/aromatic N) is 1. The van der Waals surface area contributed by atoms with Crippen LogP contribution in [0.2, 0.25) is 0 Å². The molecule has 1 nitrogen and oxygen atoms in total. The Morgan fingerprint density at radius 1 is 0.328 bits per heavy atom. The van der Waals surface area contributed by atoms with Crippen molar-refractivity contribution in [2.24, 2.45) is 0 Å². The molecule has 10 aromatic carbocycles. The van der Waals surface area contributed by atoms with Crippen molar-refractivity contribution < 1.29 is 0 Å². The summed E-state index contributed by atoms with van der Waals surface area (Å²) in [4.78, 5) is 5.05. The molecule has 2 aliphatic rings. The summed E-state index contributed by atoms with van der Waals surface area (Å²) in [5.41, 5.74) is 17.8. The van der Waals surface area contributed by atoms with E-state index in [1.165, 1.54) is 96.7 Å². The Bertz CT molecular complexity index is 3520. The summed E-state index contributed by atoms with van der Waals surface area (Å²) in [5, 5.41) is 2.63. The maximum absolute atomic E-state index is 2.51. The second kappa shape index (κ2) is 14.8. The summed E-state index contributed by atoms with van der Waals surface area (Å²) < 4.78 is 2.64. The van der Waals surface area contributed by atoms with Gasteiger partial charge in [0.1, 0.15) is 0 Å². The van der Waals surface area contributed by atoms with Crippen LogP contribution in [0, 0.1) is 0 Å². The molecule has 0 N–H and O–H groups in total. The highest BCUT2D eigenvalue weighted by atomic mass is 32.2. The minimum absolute atomic E-state index is 0.668. The number of hydrogen-bond donors (Lipinski definition) is 0. The van der Waals surface area contributed by atoms with Gasteiger partial charge >= 0.3 is 0 Å². The van der Waals surface area contributed by atoms with E-state index in [0.29, 0.717) is 0 Å². The van der Waals surface area contributed by atoms with Crippen molar-refractivity contribution in [3.8, 4) is 44.5 Å². The number of hydrogen-bond acceptors (Lipinski definition) is 3. The van der Waals surface area contributed by atoms with Crippen LogP contribution >= 0.6 is 23.1 Å². The van der Waals surface area contributed by atoms with E-state index in [1.807, 2.05) is 23.1 Å². The van der Waals surface area contributed by atoms with Gasteiger partial charge in [0, 0.05) is 46.9 Å². The number of fused-ring (bicyclic) bond motifs is 14. The van der Waals surface area contributed by atoms with Crippen LogP contribution < -0.4 is 4.90 Å². The molecule has 0 atom stereocenters. The summed E-state index contributed by atoms with van der Waals surface area (Å²) >= 11 is 3.77. The van der Waals surface area contributed by atoms with E-state index >= 15 is 0 Å². The molecule has 1 aliphatic carbocycles. The van der Waals surface area contributed by atoms with Crippen molar-refractivity contribution in [2.45, 2.75) is 15.2 Å². The number of benzene rings is 10. The Hall–Kier alpha value is -7.43. The SMILES string of the molecule is c1ccc(-c2ccc(N(c3ccc(-c4cccc5c4sc4ccccc45)cc3)c3cccc4c3C3(c5ccccc5S4)c4ccccc4-c4ccccc4-c4ccccc43)cc2)cc1. The summed E-state index contributed by atoms with van der Waals surface area (Å²) in [7, 11) is 0. The van der Waals surface area contributed by atoms with Gasteiger partial charge in [0.15, 0.2) is 0 Å². The van der Waals surface area contributed by atoms with Gasteiger partial charge in [0.2, 0.25) is 0 Å². The van der Waals surface area contributed by atoms with Crippen molar-refractivity contribution in [2.75, 3.05) is 4.90 Å². The van der Waals surface area contributed by atoms with E-state index in [2.05, 4.69) is 241 Å². The molecule has 1 aliphatic heterocycles. The van der Waals surface area contributed by atoms with E-state index < -0.39 is 5.41 Å². The largest absolute Gasteiger partial charge is 0.310 e. The van der Waals surface area contributed by atoms with Crippen LogP contribution in [0.15, 0.2) is 246 Å². The lowest BCUT2D eigenvalue weighted by molar-refractivity contribution is 0.708. The van der Waals surface area contributed by atoms with E-state index in [-0.39, 0.29) is 0 Å². The quantitative estimate of drug-likeness (QED) is 0.170. The fourth-order valence-corrected chi connectivity index (χ4v) is 13.1. The normalized spacial score (nSPS) is 13.1. The molecule has 11 aromatic rings. The van der Waals surface area contributed by atoms with Gasteiger partial charge in [0.25, 0.3) is 0 Å². The Balaban J connectivity index is 1.09. The molecular formula is C61H39NS2. The topological polar surface area (TPSA) is 3.24 Å². The van der Waals surface area contributed by atoms with Crippen molar-refractivity contribution in [1.29, 1.82) is 0 Å². The molecular weight excluding hydrogens is 811 g/mol. The zero-order valence-electron chi connectivity index (χ0n) is 34.8. The molecule has 0 unspecified atom stereocenters. The highest BCUT2D eigenvalue weighted by Gasteiger charge is 2.50. The lowest BCUT2D eigenvalue weighted by atomic mass is 9.62. The highest BCUT2D eigenvalue weighted by Crippen LogP contribution is 2.63. The Morgan fingerprint density at radius 3 is 1.53 bits per heavy atom. The Labute approximate surface area is 381 Å². The van der Waals surface area contributed by atoms with Gasteiger partial charge in [-0.1, -0.05) is 200 Å². The van der Waals surface area contributed by atoms with Crippen LogP contribution in [0.4, 0.5) is 17.1 Å². The van der Waals surface area contributed by atoms with Crippen molar-refractivity contribution >= 4 is 60.3 Å². The molecule has 0 saturated heterocycles. The van der Waals surface area contributed by atoms with Crippen molar-refractivity contribution in [3.05, 3.63) is 259 Å². The molecule has 64 heavy (non-hydrogen) atoms. The lowest BCUT2D eigenvalue weighted by Crippen LogP contribution is -2.36. The van der Waals surface area contributed by atoms with E-state index in [9.17, 15) is 0 Å². The average molecular weight is 850 g/mol. The zero-order valence-corrected chi connectivity index (χ0v) is 36.4. The molecule has 2 heterocycles. The number of thiophene rings is 1. The van der Waals surface area contributed by atoms with Crippen LogP contribution in [0.5, 0.6) is 0 Å². The molecule has 0 fully saturated rings. The maximum atomic E-state index is 2.51. The molecule has 0 saturated carbocycles. The molecule has 300 valence electrons. The van der Waals surface area contributed by atoms with Crippen LogP contribution in [0.25, 0.3) is 64.7 Å². The first-order valence-electron chi connectivity index (χ1n) is 21.9. The molecule has 0 amide bonds. The molecule has 3 heteroatoms. The fourth-order valence-electron chi connectivity index (χ4n) is 10.7. The second-order valence-electron chi connectivity index (χ2n) is 16.7. The first-order chi connectivity index (χ1) is 31.8. The zero-order chi connectivity index (χ0) is 42.2. The standard InChI is InChI=1S/C61H39NS2/c1-2-16-40(17-3-1)41-32-36-43(37-33-41)62(44-38-34-42(35-39-44)45-23-14-24-51-50-22-8-12-29-56(50)64-60(45)51)55-28-15-31-58-59(55)61(54-27-11-13-30-57(54)63-58)52-25-9-6-20-48(52)46-18-4-5-19-47(46)49-21-7-10-26-53(49)61/h1-39H. The van der Waals surface area contributed by atoms with Gasteiger partial charge in [-0.3, -0.25) is 0 Å². The predicted molar refractivity (Wildman–Crippen MR) is 272 cm³/mol. The van der Waals surface area contributed by atoms with Crippen LogP contribution in [0.3, 0.4) is 0 Å². The van der Waals surface area contributed by atoms with E-state index in [1.54, 1.807) is 0 Å². The smallest absolute Gasteiger partial charge is 0.0756 e. The van der Waals surface area contributed by atoms with Crippen molar-refractivity contribution in [1.82, 2.24) is 0 Å². The summed E-state index contributed by atoms with van der Waals surface area (Å²) in [6, 6.07) is 88.1. The third-order valence-corrected chi connectivity index (χ3v) is 15.7. The van der Waals surface area contributed by atoms with E-state index in [0.717, 1.165) is 17.1 Å². The lowest BCUT2D eigenvalue weighted by Gasteiger charge is -2.45. The van der Waals surface area contributed by atoms with Crippen LogP contribution in [0.1, 0.15) is 22.3 Å². The van der Waals surface area contributed by atoms with Gasteiger partial charge in [-0.25, -0.2) is 0 Å². The molecule has 1 aromatic heterocycles. The first kappa shape index (κ1) is 37.2. The monoisotopic (exact) mass is 849 g/mol. The van der Waals surface area contributed by atoms with Gasteiger partial charge in [-0.2, -0.15) is 0 Å². The number of anilines is 3. The van der Waals surface area contributed by atoms with Gasteiger partial charge in [0.05, 0.1) is 11.1 Å². The third-order valence-electron chi connectivity index (χ3n) is 13.4. The molecule has 0 bridgehead atoms. The summed E-state index contributed by atoms with van der Waals surface area (Å²) in [5.74, 6) is 0. The number of rotatable bonds is 5. The van der Waals surface area contributed by atoms with Crippen LogP contribution in [-0.2, 0) is 5.41 Å². The molecule has 0 radical (unpaired) electrons. The highest BCUT2D eigenvalue weighted by molar-refractivity contribution is 7.99. The minimum atomic E-state index is -0.668. The first-order valence-corrected chi connectivity index (χ1v) is 23.5. The maximum Gasteiger partial charge on any atom is 0.0756 e. The van der Waals surface area contributed by atoms with Gasteiger partial charge < -0.3 is 4.90 Å². The fraction of sp³-hybridized carbons (Fsp3) is 0.0164. The summed E-state index contributed by atoms with van der Waals surface area (Å²) in [6.45, 7) is 0. The Morgan fingerprint density at radius 2 is 0.828 bits per heavy atom. The summed E-state index contributed by atoms with van der Waals surface area (Å²) in [6.07, 6.45) is 0. The second-order valence-corrected chi connectivity index (χ2v) is 18.8. The van der Waals surface area contributed by atoms with Gasteiger partial charge in [-0.15, -0.1) is 11.3 Å². The van der Waals surface area contributed by atoms with E-state index in [4.69, 9.17) is 0 Å². The van der Waals surface area contributed by atoms with Gasteiger partial charge in [-0.05, 0) is 110 Å². The Kier molecular flexibility index (Phi) is 8.62. The third kappa shape index (κ3) is 5.58. The average Bonchev–Trinajstić information content (AvgIpc) is 3.71.